The second kappa shape index (κ2) is 131. The summed E-state index contributed by atoms with van der Waals surface area (Å²) >= 11 is 23.2. The van der Waals surface area contributed by atoms with Gasteiger partial charge in [-0.05, 0) is 0 Å². The van der Waals surface area contributed by atoms with E-state index in [1.807, 2.05) is 0 Å². The van der Waals surface area contributed by atoms with E-state index in [1.165, 1.54) is 128 Å². The molecular weight excluding hydrogens is 534 g/mol. The summed E-state index contributed by atoms with van der Waals surface area (Å²) in [7, 11) is 3.00. The van der Waals surface area contributed by atoms with E-state index in [4.69, 9.17) is 15.3 Å². The zero-order chi connectivity index (χ0) is 26.6. The van der Waals surface area contributed by atoms with Crippen LogP contribution in [0.5, 0.6) is 0 Å². The standard InChI is InChI=1S/3C5H10.5CH3Cl.3CH4O.2H2O/c3*1-2-4-5-3-1;8*1-2;;/h3*1-5H2;5*1H3;3*2H,1H3;2*1H2. The van der Waals surface area contributed by atoms with Crippen LogP contribution in [-0.4, -0.2) is 79.5 Å². The summed E-state index contributed by atoms with van der Waals surface area (Å²) < 4.78 is 0. The van der Waals surface area contributed by atoms with Gasteiger partial charge in [0.05, 0.1) is 0 Å². The van der Waals surface area contributed by atoms with Crippen LogP contribution >= 0.6 is 58.0 Å². The van der Waals surface area contributed by atoms with Crippen molar-refractivity contribution in [2.75, 3.05) is 53.2 Å². The normalized spacial score (nSPS) is 12.4. The van der Waals surface area contributed by atoms with Crippen LogP contribution in [0.4, 0.5) is 0 Å². The van der Waals surface area contributed by atoms with E-state index in [-0.39, 0.29) is 11.0 Å². The number of aliphatic hydroxyl groups is 3. The number of alkyl halides is 5. The minimum Gasteiger partial charge on any atom is -0.412 e. The topological polar surface area (TPSA) is 124 Å². The molecule has 0 heterocycles. The van der Waals surface area contributed by atoms with E-state index in [0.717, 1.165) is 21.3 Å². The number of halogens is 5. The second-order valence-corrected chi connectivity index (χ2v) is 5.30. The van der Waals surface area contributed by atoms with E-state index in [0.29, 0.717) is 0 Å². The van der Waals surface area contributed by atoms with Crippen molar-refractivity contribution >= 4 is 58.0 Å². The summed E-state index contributed by atoms with van der Waals surface area (Å²) in [6.07, 6.45) is 29.9. The number of hydrogen-bond acceptors (Lipinski definition) is 3. The fourth-order valence-electron chi connectivity index (χ4n) is 2.65. The van der Waals surface area contributed by atoms with Crippen LogP contribution in [0.3, 0.4) is 0 Å². The molecule has 0 aromatic rings. The third-order valence-corrected chi connectivity index (χ3v) is 3.75. The van der Waals surface area contributed by atoms with Crippen molar-refractivity contribution in [1.82, 2.24) is 0 Å². The smallest absolute Gasteiger partial charge is 0.0319 e. The van der Waals surface area contributed by atoms with Gasteiger partial charge in [-0.3, -0.25) is 0 Å². The summed E-state index contributed by atoms with van der Waals surface area (Å²) in [5, 5.41) is 21.0. The number of hydrogen-bond donors (Lipinski definition) is 3. The highest BCUT2D eigenvalue weighted by molar-refractivity contribution is 6.15. The molecule has 0 spiro atoms. The minimum atomic E-state index is 0. The molecule has 3 aliphatic carbocycles. The van der Waals surface area contributed by atoms with Crippen LogP contribution in [0.1, 0.15) is 96.3 Å². The van der Waals surface area contributed by atoms with Crippen molar-refractivity contribution < 1.29 is 26.3 Å². The summed E-state index contributed by atoms with van der Waals surface area (Å²) in [6.45, 7) is 0. The molecule has 0 aliphatic heterocycles. The summed E-state index contributed by atoms with van der Waals surface area (Å²) in [4.78, 5) is 0. The van der Waals surface area contributed by atoms with Crippen molar-refractivity contribution in [3.8, 4) is 0 Å². The van der Waals surface area contributed by atoms with Gasteiger partial charge in [0.2, 0.25) is 0 Å². The van der Waals surface area contributed by atoms with Gasteiger partial charge in [0.15, 0.2) is 0 Å². The molecule has 218 valence electrons. The molecule has 0 aromatic heterocycles. The Morgan fingerprint density at radius 1 is 0.242 bits per heavy atom. The molecule has 0 amide bonds. The van der Waals surface area contributed by atoms with E-state index in [2.05, 4.69) is 58.0 Å². The van der Waals surface area contributed by atoms with Gasteiger partial charge in [-0.1, -0.05) is 96.3 Å². The molecule has 0 bridgehead atoms. The van der Waals surface area contributed by atoms with Crippen molar-refractivity contribution in [2.45, 2.75) is 96.3 Å². The Hall–Kier alpha value is 1.25. The molecule has 33 heavy (non-hydrogen) atoms. The Bertz CT molecular complexity index is 97.8. The second-order valence-electron chi connectivity index (χ2n) is 5.30. The van der Waals surface area contributed by atoms with Gasteiger partial charge in [0, 0.05) is 53.2 Å². The van der Waals surface area contributed by atoms with E-state index in [9.17, 15) is 0 Å². The lowest BCUT2D eigenvalue weighted by Gasteiger charge is -1.67. The van der Waals surface area contributed by atoms with Gasteiger partial charge in [-0.2, -0.15) is 0 Å². The lowest BCUT2D eigenvalue weighted by molar-refractivity contribution is 0.399. The largest absolute Gasteiger partial charge is 0.412 e. The minimum absolute atomic E-state index is 0. The van der Waals surface area contributed by atoms with Crippen molar-refractivity contribution in [3.05, 3.63) is 0 Å². The molecule has 0 saturated heterocycles. The Balaban J connectivity index is -0.0000000228. The van der Waals surface area contributed by atoms with Crippen molar-refractivity contribution in [3.63, 3.8) is 0 Å². The molecule has 3 saturated carbocycles. The van der Waals surface area contributed by atoms with Gasteiger partial charge in [0.25, 0.3) is 0 Å². The first-order valence-electron chi connectivity index (χ1n) is 10.7. The SMILES string of the molecule is C1CCCC1.C1CCCC1.C1CCCC1.CCl.CCl.CCl.CCl.CCl.CO.CO.CO.O.O. The molecule has 0 atom stereocenters. The molecule has 5 nitrogen and oxygen atoms in total. The van der Waals surface area contributed by atoms with Gasteiger partial charge < -0.3 is 26.3 Å². The van der Waals surface area contributed by atoms with Crippen LogP contribution < -0.4 is 0 Å². The average molecular weight is 595 g/mol. The maximum atomic E-state index is 7.00. The Labute approximate surface area is 233 Å². The van der Waals surface area contributed by atoms with Gasteiger partial charge in [-0.25, -0.2) is 0 Å². The third-order valence-electron chi connectivity index (χ3n) is 3.75. The van der Waals surface area contributed by atoms with Crippen LogP contribution in [0.2, 0.25) is 0 Å². The molecule has 0 aromatic carbocycles. The summed E-state index contributed by atoms with van der Waals surface area (Å²) in [5.41, 5.74) is 0. The van der Waals surface area contributed by atoms with E-state index < -0.39 is 0 Å². The lowest BCUT2D eigenvalue weighted by atomic mass is 10.4. The fourth-order valence-corrected chi connectivity index (χ4v) is 2.65. The molecule has 0 unspecified atom stereocenters. The molecule has 3 rings (SSSR count). The van der Waals surface area contributed by atoms with Crippen LogP contribution in [-0.2, 0) is 0 Å². The molecule has 3 aliphatic rings. The highest BCUT2D eigenvalue weighted by Crippen LogP contribution is 2.16. The predicted octanol–water partition coefficient (Wildman–Crippen LogP) is 7.30. The van der Waals surface area contributed by atoms with Crippen LogP contribution in [0, 0.1) is 0 Å². The molecule has 3 fully saturated rings. The van der Waals surface area contributed by atoms with Crippen LogP contribution in [0.25, 0.3) is 0 Å². The monoisotopic (exact) mass is 592 g/mol. The zero-order valence-corrected chi connectivity index (χ0v) is 26.6. The fraction of sp³-hybridized carbons (Fsp3) is 1.00. The molecular formula is C23H61Cl5O5. The lowest BCUT2D eigenvalue weighted by Crippen LogP contribution is -1.47. The van der Waals surface area contributed by atoms with Crippen LogP contribution in [0.15, 0.2) is 0 Å². The number of aliphatic hydroxyl groups excluding tert-OH is 3. The van der Waals surface area contributed by atoms with Gasteiger partial charge >= 0.3 is 0 Å². The third kappa shape index (κ3) is 123. The quantitative estimate of drug-likeness (QED) is 0.255. The molecule has 10 heteroatoms. The molecule has 7 N–H and O–H groups in total. The number of rotatable bonds is 0. The van der Waals surface area contributed by atoms with Gasteiger partial charge in [0.1, 0.15) is 0 Å². The van der Waals surface area contributed by atoms with Gasteiger partial charge in [-0.15, -0.1) is 58.0 Å². The summed E-state index contributed by atoms with van der Waals surface area (Å²) in [6, 6.07) is 0. The van der Waals surface area contributed by atoms with Crippen molar-refractivity contribution in [2.24, 2.45) is 0 Å². The Morgan fingerprint density at radius 3 is 0.303 bits per heavy atom. The summed E-state index contributed by atoms with van der Waals surface area (Å²) in [5.74, 6) is 0. The maximum absolute atomic E-state index is 7.00. The highest BCUT2D eigenvalue weighted by atomic mass is 35.5. The Kier molecular flexibility index (Phi) is 256. The Morgan fingerprint density at radius 2 is 0.273 bits per heavy atom. The predicted molar refractivity (Wildman–Crippen MR) is 160 cm³/mol. The first kappa shape index (κ1) is 64.4. The van der Waals surface area contributed by atoms with E-state index >= 15 is 0 Å². The maximum Gasteiger partial charge on any atom is 0.0319 e. The highest BCUT2D eigenvalue weighted by Gasteiger charge is 1.96. The van der Waals surface area contributed by atoms with E-state index in [1.54, 1.807) is 0 Å². The average Bonchev–Trinajstić information content (AvgIpc) is 3.76. The van der Waals surface area contributed by atoms with Crippen molar-refractivity contribution in [1.29, 1.82) is 0 Å². The molecule has 0 radical (unpaired) electrons. The first-order valence-corrected chi connectivity index (χ1v) is 14.5. The zero-order valence-electron chi connectivity index (χ0n) is 22.8. The first-order chi connectivity index (χ1) is 15.5.